The quantitative estimate of drug-likeness (QED) is 0.841. The van der Waals surface area contributed by atoms with Gasteiger partial charge in [-0.3, -0.25) is 4.90 Å². The lowest BCUT2D eigenvalue weighted by Crippen LogP contribution is -2.24. The van der Waals surface area contributed by atoms with Gasteiger partial charge in [-0.15, -0.1) is 0 Å². The third-order valence-corrected chi connectivity index (χ3v) is 2.24. The molecule has 0 amide bonds. The van der Waals surface area contributed by atoms with Crippen molar-refractivity contribution in [2.45, 2.75) is 19.5 Å². The Labute approximate surface area is 92.9 Å². The summed E-state index contributed by atoms with van der Waals surface area (Å²) in [7, 11) is 1.53. The first-order valence-electron chi connectivity index (χ1n) is 4.97. The molecule has 2 N–H and O–H groups in total. The summed E-state index contributed by atoms with van der Waals surface area (Å²) < 4.78 is 37.6. The van der Waals surface area contributed by atoms with Gasteiger partial charge in [0.2, 0.25) is 0 Å². The standard InChI is InChI=1S/C11H15F3N2/c1-16(7-11(13)14)6-9-3-2-8(5-15)4-10(9)12/h2-4,11H,5-7,15H2,1H3. The maximum atomic E-state index is 13.5. The number of benzene rings is 1. The summed E-state index contributed by atoms with van der Waals surface area (Å²) in [6.07, 6.45) is -2.41. The lowest BCUT2D eigenvalue weighted by molar-refractivity contribution is 0.0970. The maximum absolute atomic E-state index is 13.5. The maximum Gasteiger partial charge on any atom is 0.251 e. The number of nitrogens with two attached hydrogens (primary N) is 1. The van der Waals surface area contributed by atoms with Crippen LogP contribution in [0.15, 0.2) is 18.2 Å². The van der Waals surface area contributed by atoms with Crippen LogP contribution in [0.5, 0.6) is 0 Å². The summed E-state index contributed by atoms with van der Waals surface area (Å²) in [4.78, 5) is 1.38. The molecule has 0 aliphatic heterocycles. The first kappa shape index (κ1) is 13.0. The van der Waals surface area contributed by atoms with E-state index >= 15 is 0 Å². The van der Waals surface area contributed by atoms with Crippen LogP contribution >= 0.6 is 0 Å². The molecule has 90 valence electrons. The Morgan fingerprint density at radius 1 is 1.38 bits per heavy atom. The zero-order chi connectivity index (χ0) is 12.1. The fraction of sp³-hybridized carbons (Fsp3) is 0.455. The zero-order valence-corrected chi connectivity index (χ0v) is 9.09. The molecule has 16 heavy (non-hydrogen) atoms. The number of rotatable bonds is 5. The van der Waals surface area contributed by atoms with Crippen LogP contribution in [0.2, 0.25) is 0 Å². The normalized spacial score (nSPS) is 11.4. The number of hydrogen-bond acceptors (Lipinski definition) is 2. The number of nitrogens with zero attached hydrogens (tertiary/aromatic N) is 1. The molecule has 0 fully saturated rings. The van der Waals surface area contributed by atoms with Gasteiger partial charge < -0.3 is 5.73 Å². The van der Waals surface area contributed by atoms with Gasteiger partial charge in [0.05, 0.1) is 6.54 Å². The highest BCUT2D eigenvalue weighted by Gasteiger charge is 2.10. The summed E-state index contributed by atoms with van der Waals surface area (Å²) in [5.41, 5.74) is 6.46. The Morgan fingerprint density at radius 2 is 2.06 bits per heavy atom. The minimum Gasteiger partial charge on any atom is -0.326 e. The van der Waals surface area contributed by atoms with Crippen LogP contribution in [0, 0.1) is 5.82 Å². The van der Waals surface area contributed by atoms with Crippen molar-refractivity contribution < 1.29 is 13.2 Å². The highest BCUT2D eigenvalue weighted by atomic mass is 19.3. The molecule has 0 heterocycles. The zero-order valence-electron chi connectivity index (χ0n) is 9.09. The van der Waals surface area contributed by atoms with Crippen LogP contribution in [-0.4, -0.2) is 24.9 Å². The van der Waals surface area contributed by atoms with Gasteiger partial charge in [0.25, 0.3) is 6.43 Å². The highest BCUT2D eigenvalue weighted by Crippen LogP contribution is 2.12. The van der Waals surface area contributed by atoms with Crippen LogP contribution in [0.3, 0.4) is 0 Å². The lowest BCUT2D eigenvalue weighted by Gasteiger charge is -2.16. The van der Waals surface area contributed by atoms with E-state index in [1.165, 1.54) is 18.0 Å². The Hall–Kier alpha value is -1.07. The summed E-state index contributed by atoms with van der Waals surface area (Å²) in [6.45, 7) is 0.0726. The largest absolute Gasteiger partial charge is 0.326 e. The van der Waals surface area contributed by atoms with Crippen molar-refractivity contribution in [3.05, 3.63) is 35.1 Å². The van der Waals surface area contributed by atoms with Gasteiger partial charge in [-0.2, -0.15) is 0 Å². The van der Waals surface area contributed by atoms with Gasteiger partial charge >= 0.3 is 0 Å². The third-order valence-electron chi connectivity index (χ3n) is 2.24. The smallest absolute Gasteiger partial charge is 0.251 e. The van der Waals surface area contributed by atoms with E-state index in [2.05, 4.69) is 0 Å². The average Bonchev–Trinajstić information content (AvgIpc) is 2.19. The molecular formula is C11H15F3N2. The van der Waals surface area contributed by atoms with Crippen molar-refractivity contribution in [1.29, 1.82) is 0 Å². The van der Waals surface area contributed by atoms with E-state index in [1.54, 1.807) is 12.1 Å². The molecule has 0 aliphatic carbocycles. The van der Waals surface area contributed by atoms with Crippen LogP contribution < -0.4 is 5.73 Å². The Morgan fingerprint density at radius 3 is 2.56 bits per heavy atom. The van der Waals surface area contributed by atoms with Crippen molar-refractivity contribution in [2.24, 2.45) is 5.73 Å². The molecule has 0 saturated carbocycles. The van der Waals surface area contributed by atoms with Gasteiger partial charge in [0.15, 0.2) is 0 Å². The van der Waals surface area contributed by atoms with Gasteiger partial charge in [0.1, 0.15) is 5.82 Å². The molecular weight excluding hydrogens is 217 g/mol. The van der Waals surface area contributed by atoms with Crippen LogP contribution in [-0.2, 0) is 13.1 Å². The summed E-state index contributed by atoms with van der Waals surface area (Å²) >= 11 is 0. The van der Waals surface area contributed by atoms with E-state index in [1.807, 2.05) is 0 Å². The van der Waals surface area contributed by atoms with Crippen molar-refractivity contribution in [2.75, 3.05) is 13.6 Å². The van der Waals surface area contributed by atoms with Crippen molar-refractivity contribution in [3.8, 4) is 0 Å². The van der Waals surface area contributed by atoms with Crippen LogP contribution in [0.1, 0.15) is 11.1 Å². The second-order valence-corrected chi connectivity index (χ2v) is 3.72. The molecule has 0 unspecified atom stereocenters. The second kappa shape index (κ2) is 5.86. The molecule has 0 atom stereocenters. The summed E-state index contributed by atoms with van der Waals surface area (Å²) in [6, 6.07) is 4.62. The van der Waals surface area contributed by atoms with Gasteiger partial charge in [0, 0.05) is 18.7 Å². The van der Waals surface area contributed by atoms with Crippen LogP contribution in [0.4, 0.5) is 13.2 Å². The number of alkyl halides is 2. The minimum atomic E-state index is -2.41. The number of hydrogen-bond donors (Lipinski definition) is 1. The average molecular weight is 232 g/mol. The molecule has 2 nitrogen and oxygen atoms in total. The van der Waals surface area contributed by atoms with E-state index in [0.717, 1.165) is 0 Å². The fourth-order valence-corrected chi connectivity index (χ4v) is 1.44. The van der Waals surface area contributed by atoms with Gasteiger partial charge in [-0.25, -0.2) is 13.2 Å². The SMILES string of the molecule is CN(Cc1ccc(CN)cc1F)CC(F)F. The molecule has 1 aromatic rings. The van der Waals surface area contributed by atoms with Gasteiger partial charge in [-0.05, 0) is 18.7 Å². The van der Waals surface area contributed by atoms with Crippen molar-refractivity contribution in [1.82, 2.24) is 4.90 Å². The molecule has 0 saturated heterocycles. The summed E-state index contributed by atoms with van der Waals surface area (Å²) in [5, 5.41) is 0. The Bertz CT molecular complexity index is 342. The van der Waals surface area contributed by atoms with Crippen molar-refractivity contribution in [3.63, 3.8) is 0 Å². The van der Waals surface area contributed by atoms with E-state index < -0.39 is 12.2 Å². The Kier molecular flexibility index (Phi) is 4.76. The Balaban J connectivity index is 2.66. The fourth-order valence-electron chi connectivity index (χ4n) is 1.44. The molecule has 5 heteroatoms. The predicted octanol–water partition coefficient (Wildman–Crippen LogP) is 1.98. The monoisotopic (exact) mass is 232 g/mol. The first-order chi connectivity index (χ1) is 7.52. The second-order valence-electron chi connectivity index (χ2n) is 3.72. The molecule has 0 aliphatic rings. The topological polar surface area (TPSA) is 29.3 Å². The molecule has 1 aromatic carbocycles. The molecule has 0 spiro atoms. The first-order valence-corrected chi connectivity index (χ1v) is 4.97. The molecule has 0 bridgehead atoms. The van der Waals surface area contributed by atoms with E-state index in [4.69, 9.17) is 5.73 Å². The number of halogens is 3. The van der Waals surface area contributed by atoms with Gasteiger partial charge in [-0.1, -0.05) is 12.1 Å². The predicted molar refractivity (Wildman–Crippen MR) is 56.6 cm³/mol. The van der Waals surface area contributed by atoms with Crippen LogP contribution in [0.25, 0.3) is 0 Å². The van der Waals surface area contributed by atoms with E-state index in [9.17, 15) is 13.2 Å². The van der Waals surface area contributed by atoms with E-state index in [-0.39, 0.29) is 19.6 Å². The molecule has 0 aromatic heterocycles. The minimum absolute atomic E-state index is 0.168. The van der Waals surface area contributed by atoms with Crippen molar-refractivity contribution >= 4 is 0 Å². The summed E-state index contributed by atoms with van der Waals surface area (Å²) in [5.74, 6) is -0.399. The third kappa shape index (κ3) is 3.83. The lowest BCUT2D eigenvalue weighted by atomic mass is 10.1. The highest BCUT2D eigenvalue weighted by molar-refractivity contribution is 5.24. The van der Waals surface area contributed by atoms with E-state index in [0.29, 0.717) is 11.1 Å². The molecule has 0 radical (unpaired) electrons. The molecule has 1 rings (SSSR count).